The van der Waals surface area contributed by atoms with E-state index in [9.17, 15) is 42.7 Å². The molecule has 2 heterocycles. The zero-order valence-corrected chi connectivity index (χ0v) is 44.8. The third kappa shape index (κ3) is 12.1. The van der Waals surface area contributed by atoms with Crippen LogP contribution in [0.4, 0.5) is 8.78 Å². The van der Waals surface area contributed by atoms with Gasteiger partial charge in [0.05, 0.1) is 85.3 Å². The summed E-state index contributed by atoms with van der Waals surface area (Å²) < 4.78 is 30.9. The molecule has 388 valence electrons. The molecular weight excluding hydrogens is 1010 g/mol. The third-order valence-corrected chi connectivity index (χ3v) is 17.1. The number of halogens is 6. The lowest BCUT2D eigenvalue weighted by Crippen LogP contribution is -2.39. The summed E-state index contributed by atoms with van der Waals surface area (Å²) in [6.07, 6.45) is 12.5. The number of ketones is 3. The summed E-state index contributed by atoms with van der Waals surface area (Å²) >= 11 is 24.5. The van der Waals surface area contributed by atoms with Crippen molar-refractivity contribution in [1.82, 2.24) is 29.4 Å². The van der Waals surface area contributed by atoms with Crippen molar-refractivity contribution in [3.8, 4) is 0 Å². The second-order valence-electron chi connectivity index (χ2n) is 21.9. The van der Waals surface area contributed by atoms with E-state index in [1.54, 1.807) is 24.7 Å². The van der Waals surface area contributed by atoms with E-state index in [-0.39, 0.29) is 90.2 Å². The fourth-order valence-corrected chi connectivity index (χ4v) is 11.4. The van der Waals surface area contributed by atoms with Crippen LogP contribution in [0.1, 0.15) is 177 Å². The summed E-state index contributed by atoms with van der Waals surface area (Å²) in [6, 6.07) is 4.28. The molecule has 13 nitrogen and oxygen atoms in total. The Hall–Kier alpha value is -4.70. The molecule has 0 unspecified atom stereocenters. The Morgan fingerprint density at radius 3 is 1.21 bits per heavy atom. The van der Waals surface area contributed by atoms with Gasteiger partial charge in [-0.3, -0.25) is 38.1 Å². The van der Waals surface area contributed by atoms with Gasteiger partial charge in [0, 0.05) is 29.9 Å². The van der Waals surface area contributed by atoms with E-state index < -0.39 is 34.6 Å². The van der Waals surface area contributed by atoms with Crippen LogP contribution in [0.2, 0.25) is 20.1 Å². The monoisotopic (exact) mass is 1070 g/mol. The molecule has 0 bridgehead atoms. The maximum atomic E-state index is 13.7. The number of hydrogen-bond donors (Lipinski definition) is 1. The predicted octanol–water partition coefficient (Wildman–Crippen LogP) is 12.4. The van der Waals surface area contributed by atoms with Crippen LogP contribution in [0.25, 0.3) is 0 Å². The Labute approximate surface area is 438 Å². The van der Waals surface area contributed by atoms with E-state index in [1.165, 1.54) is 16.0 Å². The first-order valence-electron chi connectivity index (χ1n) is 24.4. The number of rotatable bonds is 16. The highest BCUT2D eigenvalue weighted by molar-refractivity contribution is 6.40. The first kappa shape index (κ1) is 55.1. The number of hydrogen-bond acceptors (Lipinski definition) is 8. The molecule has 4 fully saturated rings. The van der Waals surface area contributed by atoms with Gasteiger partial charge < -0.3 is 14.9 Å². The van der Waals surface area contributed by atoms with E-state index in [2.05, 4.69) is 24.0 Å². The highest BCUT2D eigenvalue weighted by Gasteiger charge is 2.44. The molecule has 2 aromatic carbocycles. The first-order chi connectivity index (χ1) is 33.7. The zero-order chi connectivity index (χ0) is 52.8. The number of carbonyl (C=O) groups is 6. The van der Waals surface area contributed by atoms with Crippen LogP contribution in [0, 0.1) is 47.1 Å². The molecule has 4 aromatic rings. The van der Waals surface area contributed by atoms with Gasteiger partial charge in [-0.05, 0) is 140 Å². The minimum absolute atomic E-state index is 0.00501. The fraction of sp³-hybridized carbons (Fsp3) is 0.547. The van der Waals surface area contributed by atoms with Crippen LogP contribution in [0.5, 0.6) is 0 Å². The quantitative estimate of drug-likeness (QED) is 0.108. The number of amides is 2. The average molecular weight is 1070 g/mol. The highest BCUT2D eigenvalue weighted by Crippen LogP contribution is 2.48. The molecule has 19 heteroatoms. The summed E-state index contributed by atoms with van der Waals surface area (Å²) in [7, 11) is 0. The van der Waals surface area contributed by atoms with Gasteiger partial charge in [-0.15, -0.1) is 0 Å². The number of carboxylic acid groups (broad SMARTS) is 1. The lowest BCUT2D eigenvalue weighted by atomic mass is 9.71. The topological polar surface area (TPSA) is 165 Å². The van der Waals surface area contributed by atoms with E-state index in [4.69, 9.17) is 46.4 Å². The van der Waals surface area contributed by atoms with Crippen molar-refractivity contribution in [2.24, 2.45) is 21.7 Å². The number of carbonyl (C=O) groups excluding carboxylic acids is 5. The van der Waals surface area contributed by atoms with Crippen LogP contribution >= 0.6 is 46.4 Å². The number of aliphatic carboxylic acids is 1. The lowest BCUT2D eigenvalue weighted by Gasteiger charge is -2.35. The van der Waals surface area contributed by atoms with Crippen molar-refractivity contribution in [1.29, 1.82) is 0 Å². The minimum Gasteiger partial charge on any atom is -0.481 e. The van der Waals surface area contributed by atoms with Crippen LogP contribution < -0.4 is 0 Å². The highest BCUT2D eigenvalue weighted by atomic mass is 35.5. The zero-order valence-electron chi connectivity index (χ0n) is 41.8. The molecule has 4 aliphatic carbocycles. The fourth-order valence-electron chi connectivity index (χ4n) is 10.1. The Morgan fingerprint density at radius 1 is 0.597 bits per heavy atom. The molecule has 4 saturated carbocycles. The number of aromatic nitrogens is 4. The van der Waals surface area contributed by atoms with Crippen molar-refractivity contribution in [2.75, 3.05) is 26.2 Å². The molecule has 2 aromatic heterocycles. The summed E-state index contributed by atoms with van der Waals surface area (Å²) in [5.74, 6) is -3.35. The van der Waals surface area contributed by atoms with Gasteiger partial charge in [-0.1, -0.05) is 67.2 Å². The van der Waals surface area contributed by atoms with Crippen molar-refractivity contribution in [3.63, 3.8) is 0 Å². The summed E-state index contributed by atoms with van der Waals surface area (Å²) in [5.41, 5.74) is 1.13. The second kappa shape index (κ2) is 21.3. The lowest BCUT2D eigenvalue weighted by molar-refractivity contribution is -0.150. The number of nitrogens with zero attached hydrogens (tertiary/aromatic N) is 6. The Kier molecular flexibility index (Phi) is 16.3. The maximum absolute atomic E-state index is 13.7. The van der Waals surface area contributed by atoms with E-state index >= 15 is 0 Å². The minimum atomic E-state index is -0.788. The Bertz CT molecular complexity index is 2570. The SMILES string of the molecule is CC(=O)C1(C)CCC(n2ncc(C(=O)N(CC(=O)c3c(Cl)cc(F)cc3Cl)CC3(C)CC3)c2C)CC1.Cc1c(C(=O)N(CC(=O)c2c(Cl)cc(F)cc2Cl)CC2(C)CC2)cnn1C1CCC(C)(C(=O)O)CC1. The molecule has 0 spiro atoms. The molecule has 2 amide bonds. The smallest absolute Gasteiger partial charge is 0.309 e. The van der Waals surface area contributed by atoms with Gasteiger partial charge in [-0.2, -0.15) is 10.2 Å². The molecule has 0 radical (unpaired) electrons. The maximum Gasteiger partial charge on any atom is 0.309 e. The Morgan fingerprint density at radius 2 is 0.917 bits per heavy atom. The van der Waals surface area contributed by atoms with Crippen molar-refractivity contribution in [2.45, 2.75) is 138 Å². The summed E-state index contributed by atoms with van der Waals surface area (Å²) in [4.78, 5) is 80.3. The van der Waals surface area contributed by atoms with Gasteiger partial charge >= 0.3 is 5.97 Å². The predicted molar refractivity (Wildman–Crippen MR) is 271 cm³/mol. The molecule has 1 N–H and O–H groups in total. The van der Waals surface area contributed by atoms with Crippen LogP contribution in [-0.4, -0.2) is 95.8 Å². The molecule has 0 saturated heterocycles. The summed E-state index contributed by atoms with van der Waals surface area (Å²) in [5, 5.41) is 18.2. The third-order valence-electron chi connectivity index (χ3n) is 15.9. The normalized spacial score (nSPS) is 22.8. The first-order valence-corrected chi connectivity index (χ1v) is 25.9. The molecule has 72 heavy (non-hydrogen) atoms. The van der Waals surface area contributed by atoms with Crippen molar-refractivity contribution < 1.29 is 42.7 Å². The van der Waals surface area contributed by atoms with E-state index in [0.29, 0.717) is 55.6 Å². The number of Topliss-reactive ketones (excluding diaryl/α,β-unsaturated/α-hetero) is 3. The van der Waals surface area contributed by atoms with Gasteiger partial charge in [0.2, 0.25) is 0 Å². The molecular formula is C53H62Cl4F2N6O7. The standard InChI is InChI=1S/C27H32Cl2FN3O3.C26H30Cl2FN3O4/c1-16-20(13-31-33(16)19-5-7-27(4,8-6-19)17(2)34)25(36)32(15-26(3)9-10-26)14-23(35)24-21(28)11-18(30)12-22(24)29;1-15-18(12-30-32(15)17-4-6-26(3,7-5-17)24(35)36)23(34)31(14-25(2)8-9-25)13-21(33)22-19(27)10-16(29)11-20(22)28/h11-13,19H,5-10,14-15H2,1-4H3;10-12,17H,4-9,13-14H2,1-3H3,(H,35,36). The summed E-state index contributed by atoms with van der Waals surface area (Å²) in [6.45, 7) is 13.6. The van der Waals surface area contributed by atoms with Gasteiger partial charge in [0.15, 0.2) is 11.6 Å². The van der Waals surface area contributed by atoms with Crippen LogP contribution in [0.15, 0.2) is 36.7 Å². The molecule has 4 aliphatic rings. The molecule has 8 rings (SSSR count). The van der Waals surface area contributed by atoms with Crippen molar-refractivity contribution in [3.05, 3.63) is 102 Å². The largest absolute Gasteiger partial charge is 0.481 e. The average Bonchev–Trinajstić information content (AvgIpc) is 4.13. The van der Waals surface area contributed by atoms with Gasteiger partial charge in [0.25, 0.3) is 11.8 Å². The molecule has 0 aliphatic heterocycles. The second-order valence-corrected chi connectivity index (χ2v) is 23.5. The van der Waals surface area contributed by atoms with E-state index in [1.807, 2.05) is 25.5 Å². The van der Waals surface area contributed by atoms with Gasteiger partial charge in [0.1, 0.15) is 17.4 Å². The van der Waals surface area contributed by atoms with Gasteiger partial charge in [-0.25, -0.2) is 8.78 Å². The van der Waals surface area contributed by atoms with Crippen molar-refractivity contribution >= 4 is 81.5 Å². The van der Waals surface area contributed by atoms with Crippen LogP contribution in [0.3, 0.4) is 0 Å². The molecule has 0 atom stereocenters. The Balaban J connectivity index is 0.000000211. The van der Waals surface area contributed by atoms with E-state index in [0.717, 1.165) is 81.3 Å². The van der Waals surface area contributed by atoms with Crippen LogP contribution in [-0.2, 0) is 9.59 Å². The number of benzene rings is 2. The number of carboxylic acids is 1.